The van der Waals surface area contributed by atoms with Gasteiger partial charge in [-0.05, 0) is 36.8 Å². The fourth-order valence-electron chi connectivity index (χ4n) is 4.86. The van der Waals surface area contributed by atoms with Crippen molar-refractivity contribution in [3.8, 4) is 11.5 Å². The van der Waals surface area contributed by atoms with E-state index in [2.05, 4.69) is 0 Å². The highest BCUT2D eigenvalue weighted by Crippen LogP contribution is 2.51. The molecule has 0 aromatic heterocycles. The molecule has 2 aliphatic rings. The molecule has 0 spiro atoms. The maximum absolute atomic E-state index is 13.8. The van der Waals surface area contributed by atoms with Gasteiger partial charge in [0.2, 0.25) is 5.91 Å². The number of ether oxygens (including phenoxy) is 2. The highest BCUT2D eigenvalue weighted by molar-refractivity contribution is 6.24. The lowest BCUT2D eigenvalue weighted by Gasteiger charge is -2.29. The smallest absolute Gasteiger partial charge is 0.278 e. The Morgan fingerprint density at radius 2 is 1.56 bits per heavy atom. The molecule has 0 unspecified atom stereocenters. The molecule has 0 N–H and O–H groups in total. The second-order valence-electron chi connectivity index (χ2n) is 8.48. The van der Waals surface area contributed by atoms with E-state index in [0.717, 1.165) is 10.5 Å². The maximum atomic E-state index is 13.8. The van der Waals surface area contributed by atoms with Crippen LogP contribution in [0.5, 0.6) is 11.5 Å². The number of para-hydroxylation sites is 2. The molecule has 0 aliphatic carbocycles. The number of rotatable bonds is 6. The summed E-state index contributed by atoms with van der Waals surface area (Å²) in [6.07, 6.45) is -1.16. The van der Waals surface area contributed by atoms with Gasteiger partial charge >= 0.3 is 0 Å². The fourth-order valence-corrected chi connectivity index (χ4v) is 4.86. The van der Waals surface area contributed by atoms with Gasteiger partial charge in [-0.2, -0.15) is 0 Å². The number of aryl methyl sites for hydroxylation is 1. The summed E-state index contributed by atoms with van der Waals surface area (Å²) in [6, 6.07) is 17.6. The molecule has 5 rings (SSSR count). The average Bonchev–Trinajstić information content (AvgIpc) is 3.39. The van der Waals surface area contributed by atoms with Gasteiger partial charge in [0, 0.05) is 0 Å². The van der Waals surface area contributed by atoms with E-state index in [0.29, 0.717) is 11.4 Å². The van der Waals surface area contributed by atoms with E-state index in [1.54, 1.807) is 49.4 Å². The third-order valence-corrected chi connectivity index (χ3v) is 6.53. The van der Waals surface area contributed by atoms with Crippen LogP contribution in [0.15, 0.2) is 66.7 Å². The molecule has 3 aromatic carbocycles. The predicted octanol–water partition coefficient (Wildman–Crippen LogP) is 3.97. The number of hydrogen-bond acceptors (Lipinski definition) is 8. The molecule has 10 heteroatoms. The lowest BCUT2D eigenvalue weighted by molar-refractivity contribution is -0.385. The van der Waals surface area contributed by atoms with E-state index in [4.69, 9.17) is 14.3 Å². The number of carbonyl (C=O) groups is 2. The Morgan fingerprint density at radius 1 is 0.917 bits per heavy atom. The number of nitrogens with zero attached hydrogens (tertiary/aromatic N) is 3. The van der Waals surface area contributed by atoms with Gasteiger partial charge in [0.1, 0.15) is 12.0 Å². The third-order valence-electron chi connectivity index (χ3n) is 6.53. The van der Waals surface area contributed by atoms with E-state index in [-0.39, 0.29) is 22.7 Å². The van der Waals surface area contributed by atoms with Gasteiger partial charge in [-0.1, -0.05) is 36.4 Å². The maximum Gasteiger partial charge on any atom is 0.278 e. The Labute approximate surface area is 206 Å². The SMILES string of the molecule is COc1cc([C@@H]2[C@H]3C(=O)N(c4ccccc4C)C(=O)[C@@H]3ON2c2ccccc2)c([N+](=O)[O-])cc1OC. The van der Waals surface area contributed by atoms with Crippen LogP contribution in [0.2, 0.25) is 0 Å². The van der Waals surface area contributed by atoms with Crippen molar-refractivity contribution < 1.29 is 28.8 Å². The number of fused-ring (bicyclic) bond motifs is 1. The van der Waals surface area contributed by atoms with Crippen LogP contribution in [0.3, 0.4) is 0 Å². The molecule has 3 atom stereocenters. The minimum atomic E-state index is -1.16. The van der Waals surface area contributed by atoms with E-state index >= 15 is 0 Å². The average molecular weight is 489 g/mol. The minimum absolute atomic E-state index is 0.168. The Hall–Kier alpha value is -4.44. The lowest BCUT2D eigenvalue weighted by Crippen LogP contribution is -2.37. The van der Waals surface area contributed by atoms with Crippen LogP contribution in [-0.2, 0) is 14.4 Å². The topological polar surface area (TPSA) is 111 Å². The third kappa shape index (κ3) is 3.54. The van der Waals surface area contributed by atoms with Crippen molar-refractivity contribution in [1.29, 1.82) is 0 Å². The van der Waals surface area contributed by atoms with Gasteiger partial charge in [-0.3, -0.25) is 24.5 Å². The summed E-state index contributed by atoms with van der Waals surface area (Å²) < 4.78 is 10.7. The quantitative estimate of drug-likeness (QED) is 0.291. The van der Waals surface area contributed by atoms with Crippen molar-refractivity contribution in [2.45, 2.75) is 19.1 Å². The van der Waals surface area contributed by atoms with Crippen LogP contribution < -0.4 is 19.4 Å². The Bertz CT molecular complexity index is 1360. The van der Waals surface area contributed by atoms with Crippen molar-refractivity contribution in [3.05, 3.63) is 88.0 Å². The van der Waals surface area contributed by atoms with Crippen molar-refractivity contribution >= 4 is 28.9 Å². The Kier molecular flexibility index (Phi) is 5.81. The molecule has 0 bridgehead atoms. The highest BCUT2D eigenvalue weighted by Gasteiger charge is 2.61. The normalized spacial score (nSPS) is 21.0. The van der Waals surface area contributed by atoms with Gasteiger partial charge in [-0.25, -0.2) is 9.96 Å². The predicted molar refractivity (Wildman–Crippen MR) is 130 cm³/mol. The van der Waals surface area contributed by atoms with Gasteiger partial charge in [0.05, 0.1) is 42.1 Å². The van der Waals surface area contributed by atoms with Crippen LogP contribution >= 0.6 is 0 Å². The first-order chi connectivity index (χ1) is 17.4. The van der Waals surface area contributed by atoms with Crippen LogP contribution in [0.25, 0.3) is 0 Å². The van der Waals surface area contributed by atoms with Crippen molar-refractivity contribution in [2.24, 2.45) is 5.92 Å². The number of nitro groups is 1. The first-order valence-corrected chi connectivity index (χ1v) is 11.2. The van der Waals surface area contributed by atoms with Gasteiger partial charge in [0.15, 0.2) is 17.6 Å². The minimum Gasteiger partial charge on any atom is -0.493 e. The number of imide groups is 1. The number of hydroxylamine groups is 1. The van der Waals surface area contributed by atoms with Crippen LogP contribution in [0.4, 0.5) is 17.1 Å². The second kappa shape index (κ2) is 8.97. The molecule has 2 aliphatic heterocycles. The Morgan fingerprint density at radius 3 is 2.19 bits per heavy atom. The summed E-state index contributed by atoms with van der Waals surface area (Å²) in [5, 5.41) is 13.6. The molecule has 2 fully saturated rings. The number of benzene rings is 3. The molecule has 0 saturated carbocycles. The molecular weight excluding hydrogens is 466 g/mol. The molecular formula is C26H23N3O7. The highest BCUT2D eigenvalue weighted by atomic mass is 16.7. The zero-order valence-electron chi connectivity index (χ0n) is 19.8. The fraction of sp³-hybridized carbons (Fsp3) is 0.231. The number of methoxy groups -OCH3 is 2. The summed E-state index contributed by atoms with van der Waals surface area (Å²) >= 11 is 0. The van der Waals surface area contributed by atoms with Gasteiger partial charge in [0.25, 0.3) is 11.6 Å². The summed E-state index contributed by atoms with van der Waals surface area (Å²) in [5.74, 6) is -1.63. The first kappa shape index (κ1) is 23.3. The van der Waals surface area contributed by atoms with E-state index < -0.39 is 34.8 Å². The Balaban J connectivity index is 1.70. The zero-order valence-corrected chi connectivity index (χ0v) is 19.8. The summed E-state index contributed by atoms with van der Waals surface area (Å²) in [5.41, 5.74) is 1.63. The van der Waals surface area contributed by atoms with E-state index in [9.17, 15) is 19.7 Å². The van der Waals surface area contributed by atoms with Gasteiger partial charge in [-0.15, -0.1) is 0 Å². The van der Waals surface area contributed by atoms with Crippen LogP contribution in [0, 0.1) is 23.0 Å². The van der Waals surface area contributed by atoms with Crippen molar-refractivity contribution in [1.82, 2.24) is 0 Å². The van der Waals surface area contributed by atoms with Crippen LogP contribution in [-0.4, -0.2) is 37.1 Å². The monoisotopic (exact) mass is 489 g/mol. The van der Waals surface area contributed by atoms with Crippen molar-refractivity contribution in [2.75, 3.05) is 24.2 Å². The molecule has 2 amide bonds. The largest absolute Gasteiger partial charge is 0.493 e. The molecule has 0 radical (unpaired) electrons. The van der Waals surface area contributed by atoms with Gasteiger partial charge < -0.3 is 9.47 Å². The molecule has 184 valence electrons. The second-order valence-corrected chi connectivity index (χ2v) is 8.48. The number of amides is 2. The number of hydrogen-bond donors (Lipinski definition) is 0. The number of anilines is 2. The summed E-state index contributed by atoms with van der Waals surface area (Å²) in [7, 11) is 2.80. The molecule has 36 heavy (non-hydrogen) atoms. The zero-order chi connectivity index (χ0) is 25.6. The van der Waals surface area contributed by atoms with E-state index in [1.165, 1.54) is 31.4 Å². The van der Waals surface area contributed by atoms with Crippen LogP contribution in [0.1, 0.15) is 17.2 Å². The number of carbonyl (C=O) groups excluding carboxylic acids is 2. The molecule has 2 heterocycles. The summed E-state index contributed by atoms with van der Waals surface area (Å²) in [6.45, 7) is 1.80. The molecule has 2 saturated heterocycles. The van der Waals surface area contributed by atoms with E-state index in [1.807, 2.05) is 12.1 Å². The van der Waals surface area contributed by atoms with Crippen molar-refractivity contribution in [3.63, 3.8) is 0 Å². The summed E-state index contributed by atoms with van der Waals surface area (Å²) in [4.78, 5) is 46.2. The first-order valence-electron chi connectivity index (χ1n) is 11.2. The lowest BCUT2D eigenvalue weighted by atomic mass is 9.89. The number of nitro benzene ring substituents is 1. The molecule has 3 aromatic rings. The molecule has 10 nitrogen and oxygen atoms in total. The standard InChI is InChI=1S/C26H23N3O7/c1-15-9-7-8-12-18(15)27-25(30)22-23(17-13-20(34-2)21(35-3)14-19(17)29(32)33)28(36-24(22)26(27)31)16-10-5-4-6-11-16/h4-14,22-24H,1-3H3/t22-,23-,24-/m1/s1.